The van der Waals surface area contributed by atoms with E-state index in [1.165, 1.54) is 0 Å². The average Bonchev–Trinajstić information content (AvgIpc) is 2.40. The summed E-state index contributed by atoms with van der Waals surface area (Å²) in [5.74, 6) is 0. The number of nitrogen functional groups attached to an aromatic ring is 1. The Labute approximate surface area is 121 Å². The normalized spacial score (nSPS) is 22.5. The molecule has 0 amide bonds. The van der Waals surface area contributed by atoms with E-state index in [0.717, 1.165) is 41.1 Å². The number of nitrogens with zero attached hydrogens (tertiary/aromatic N) is 2. The first-order valence-electron chi connectivity index (χ1n) is 6.48. The van der Waals surface area contributed by atoms with Gasteiger partial charge in [-0.15, -0.1) is 0 Å². The number of rotatable bonds is 1. The van der Waals surface area contributed by atoms with Crippen LogP contribution >= 0.6 is 0 Å². The number of aliphatic hydroxyl groups is 1. The molecule has 2 rings (SSSR count). The van der Waals surface area contributed by atoms with Crippen LogP contribution in [0, 0.1) is 6.92 Å². The molecule has 1 aliphatic rings. The molecule has 108 valence electrons. The van der Waals surface area contributed by atoms with E-state index in [1.54, 1.807) is 0 Å². The minimum Gasteiger partial charge on any atom is -1.00 e. The maximum atomic E-state index is 10.1. The minimum absolute atomic E-state index is 0. The highest BCUT2D eigenvalue weighted by atomic mass is 35.5. The number of hydrogen-bond donors (Lipinski definition) is 2. The molecule has 0 spiro atoms. The van der Waals surface area contributed by atoms with Crippen LogP contribution in [-0.2, 0) is 0 Å². The summed E-state index contributed by atoms with van der Waals surface area (Å²) in [4.78, 5) is 2.25. The molecule has 0 saturated carbocycles. The van der Waals surface area contributed by atoms with E-state index in [0.29, 0.717) is 6.54 Å². The van der Waals surface area contributed by atoms with Crippen molar-refractivity contribution in [2.24, 2.45) is 0 Å². The van der Waals surface area contributed by atoms with E-state index in [-0.39, 0.29) is 18.5 Å². The lowest BCUT2D eigenvalue weighted by Crippen LogP contribution is -3.00. The molecule has 0 aromatic heterocycles. The standard InChI is InChI=1S/C14H24N3O.ClH/c1-11-8-12(4-5-14(11)15)16-6-7-17(2,3)10-13(18)9-16;/h4-5,8,13,18H,6-7,9-10,15H2,1-3H3;1H/q+1;/p-1. The number of halogens is 1. The van der Waals surface area contributed by atoms with Gasteiger partial charge in [0.15, 0.2) is 0 Å². The summed E-state index contributed by atoms with van der Waals surface area (Å²) < 4.78 is 0.867. The predicted octanol–water partition coefficient (Wildman–Crippen LogP) is -2.16. The number of nitrogens with two attached hydrogens (primary N) is 1. The Morgan fingerprint density at radius 1 is 1.37 bits per heavy atom. The molecule has 3 N–H and O–H groups in total. The number of aryl methyl sites for hydroxylation is 1. The molecule has 1 aromatic carbocycles. The molecule has 19 heavy (non-hydrogen) atoms. The quantitative estimate of drug-likeness (QED) is 0.457. The number of aliphatic hydroxyl groups excluding tert-OH is 1. The Kier molecular flexibility index (Phi) is 5.07. The second-order valence-electron chi connectivity index (χ2n) is 5.98. The van der Waals surface area contributed by atoms with Crippen molar-refractivity contribution in [3.63, 3.8) is 0 Å². The van der Waals surface area contributed by atoms with Crippen molar-refractivity contribution < 1.29 is 22.0 Å². The van der Waals surface area contributed by atoms with E-state index in [2.05, 4.69) is 25.1 Å². The van der Waals surface area contributed by atoms with Gasteiger partial charge in [0.25, 0.3) is 0 Å². The van der Waals surface area contributed by atoms with Gasteiger partial charge in [-0.1, -0.05) is 0 Å². The molecule has 1 aliphatic heterocycles. The second kappa shape index (κ2) is 5.99. The smallest absolute Gasteiger partial charge is 0.120 e. The van der Waals surface area contributed by atoms with Crippen molar-refractivity contribution in [1.29, 1.82) is 0 Å². The van der Waals surface area contributed by atoms with Crippen molar-refractivity contribution in [3.8, 4) is 0 Å². The third kappa shape index (κ3) is 4.00. The maximum absolute atomic E-state index is 10.1. The SMILES string of the molecule is Cc1cc(N2CC[N+](C)(C)CC(O)C2)ccc1N.[Cl-]. The number of likely N-dealkylation sites (N-methyl/N-ethyl adjacent to an activating group) is 1. The third-order valence-electron chi connectivity index (χ3n) is 3.73. The molecule has 0 aliphatic carbocycles. The fourth-order valence-electron chi connectivity index (χ4n) is 2.55. The second-order valence-corrected chi connectivity index (χ2v) is 5.98. The van der Waals surface area contributed by atoms with E-state index >= 15 is 0 Å². The number of hydrogen-bond acceptors (Lipinski definition) is 3. The van der Waals surface area contributed by atoms with Gasteiger partial charge in [0.1, 0.15) is 12.6 Å². The monoisotopic (exact) mass is 285 g/mol. The summed E-state index contributed by atoms with van der Waals surface area (Å²) in [5.41, 5.74) is 8.93. The Morgan fingerprint density at radius 3 is 2.68 bits per heavy atom. The van der Waals surface area contributed by atoms with Gasteiger partial charge in [0, 0.05) is 17.9 Å². The third-order valence-corrected chi connectivity index (χ3v) is 3.73. The number of quaternary nitrogens is 1. The Balaban J connectivity index is 0.00000180. The Morgan fingerprint density at radius 2 is 2.05 bits per heavy atom. The highest BCUT2D eigenvalue weighted by molar-refractivity contribution is 5.58. The van der Waals surface area contributed by atoms with E-state index in [9.17, 15) is 5.11 Å². The Bertz CT molecular complexity index is 437. The molecule has 1 heterocycles. The van der Waals surface area contributed by atoms with Crippen LogP contribution in [0.5, 0.6) is 0 Å². The van der Waals surface area contributed by atoms with Crippen LogP contribution in [0.15, 0.2) is 18.2 Å². The molecule has 1 saturated heterocycles. The van der Waals surface area contributed by atoms with Crippen molar-refractivity contribution in [3.05, 3.63) is 23.8 Å². The van der Waals surface area contributed by atoms with Crippen molar-refractivity contribution >= 4 is 11.4 Å². The van der Waals surface area contributed by atoms with Crippen molar-refractivity contribution in [2.45, 2.75) is 13.0 Å². The lowest BCUT2D eigenvalue weighted by Gasteiger charge is -2.28. The first-order chi connectivity index (χ1) is 8.37. The van der Waals surface area contributed by atoms with Crippen LogP contribution in [0.4, 0.5) is 11.4 Å². The van der Waals surface area contributed by atoms with Crippen LogP contribution in [0.1, 0.15) is 5.56 Å². The molecule has 5 heteroatoms. The van der Waals surface area contributed by atoms with Gasteiger partial charge in [-0.2, -0.15) is 0 Å². The lowest BCUT2D eigenvalue weighted by molar-refractivity contribution is -0.890. The highest BCUT2D eigenvalue weighted by Crippen LogP contribution is 2.22. The van der Waals surface area contributed by atoms with E-state index < -0.39 is 0 Å². The summed E-state index contributed by atoms with van der Waals surface area (Å²) in [6.45, 7) is 5.54. The van der Waals surface area contributed by atoms with E-state index in [1.807, 2.05) is 19.1 Å². The summed E-state index contributed by atoms with van der Waals surface area (Å²) in [6.07, 6.45) is -0.277. The topological polar surface area (TPSA) is 49.5 Å². The van der Waals surface area contributed by atoms with Crippen LogP contribution < -0.4 is 23.0 Å². The summed E-state index contributed by atoms with van der Waals surface area (Å²) in [7, 11) is 4.34. The van der Waals surface area contributed by atoms with Crippen LogP contribution in [0.25, 0.3) is 0 Å². The van der Waals surface area contributed by atoms with Crippen molar-refractivity contribution in [2.75, 3.05) is 50.9 Å². The molecule has 1 aromatic rings. The zero-order valence-electron chi connectivity index (χ0n) is 11.9. The van der Waals surface area contributed by atoms with Gasteiger partial charge in [-0.05, 0) is 30.7 Å². The maximum Gasteiger partial charge on any atom is 0.120 e. The molecule has 1 unspecified atom stereocenters. The number of anilines is 2. The van der Waals surface area contributed by atoms with Gasteiger partial charge in [0.2, 0.25) is 0 Å². The molecular weight excluding hydrogens is 262 g/mol. The lowest BCUT2D eigenvalue weighted by atomic mass is 10.1. The molecule has 4 nitrogen and oxygen atoms in total. The van der Waals surface area contributed by atoms with Crippen LogP contribution in [0.3, 0.4) is 0 Å². The van der Waals surface area contributed by atoms with Gasteiger partial charge < -0.3 is 32.6 Å². The summed E-state index contributed by atoms with van der Waals surface area (Å²) >= 11 is 0. The van der Waals surface area contributed by atoms with Gasteiger partial charge >= 0.3 is 0 Å². The van der Waals surface area contributed by atoms with Crippen molar-refractivity contribution in [1.82, 2.24) is 0 Å². The molecule has 0 bridgehead atoms. The zero-order valence-corrected chi connectivity index (χ0v) is 12.7. The highest BCUT2D eigenvalue weighted by Gasteiger charge is 2.27. The Hall–Kier alpha value is -0.970. The minimum atomic E-state index is -0.277. The average molecular weight is 286 g/mol. The molecule has 1 atom stereocenters. The predicted molar refractivity (Wildman–Crippen MR) is 75.7 cm³/mol. The molecular formula is C14H24ClN3O. The number of benzene rings is 1. The van der Waals surface area contributed by atoms with Crippen LogP contribution in [-0.4, -0.2) is 56.0 Å². The fourth-order valence-corrected chi connectivity index (χ4v) is 2.55. The summed E-state index contributed by atoms with van der Waals surface area (Å²) in [5, 5.41) is 10.1. The summed E-state index contributed by atoms with van der Waals surface area (Å²) in [6, 6.07) is 6.09. The van der Waals surface area contributed by atoms with Gasteiger partial charge in [0.05, 0.1) is 27.2 Å². The molecule has 1 fully saturated rings. The number of β-amino-alcohol motifs (C(OH)–C–C–N with tert-alkyl or cyclic N) is 1. The fraction of sp³-hybridized carbons (Fsp3) is 0.571. The largest absolute Gasteiger partial charge is 1.00 e. The molecule has 0 radical (unpaired) electrons. The zero-order chi connectivity index (χ0) is 13.3. The van der Waals surface area contributed by atoms with Gasteiger partial charge in [-0.25, -0.2) is 0 Å². The van der Waals surface area contributed by atoms with E-state index in [4.69, 9.17) is 5.73 Å². The first kappa shape index (κ1) is 16.1. The van der Waals surface area contributed by atoms with Crippen LogP contribution in [0.2, 0.25) is 0 Å². The van der Waals surface area contributed by atoms with Gasteiger partial charge in [-0.3, -0.25) is 0 Å². The first-order valence-corrected chi connectivity index (χ1v) is 6.48.